The van der Waals surface area contributed by atoms with E-state index in [0.717, 1.165) is 18.8 Å². The van der Waals surface area contributed by atoms with Crippen molar-refractivity contribution in [3.8, 4) is 0 Å². The van der Waals surface area contributed by atoms with Gasteiger partial charge < -0.3 is 4.74 Å². The number of carbonyl (C=O) groups is 1. The maximum Gasteiger partial charge on any atom is 0.160 e. The van der Waals surface area contributed by atoms with E-state index in [-0.39, 0.29) is 11.7 Å². The van der Waals surface area contributed by atoms with Crippen LogP contribution in [0.4, 0.5) is 0 Å². The van der Waals surface area contributed by atoms with Crippen molar-refractivity contribution >= 4 is 5.78 Å². The highest BCUT2D eigenvalue weighted by molar-refractivity contribution is 5.81. The monoisotopic (exact) mass is 198 g/mol. The summed E-state index contributed by atoms with van der Waals surface area (Å²) in [5, 5.41) is 0. The topological polar surface area (TPSA) is 26.3 Å². The lowest BCUT2D eigenvalue weighted by molar-refractivity contribution is -0.129. The number of carbonyl (C=O) groups excluding carboxylic acids is 1. The molecule has 0 radical (unpaired) electrons. The fourth-order valence-corrected chi connectivity index (χ4v) is 1.90. The Morgan fingerprint density at radius 2 is 2.14 bits per heavy atom. The first-order chi connectivity index (χ1) is 6.59. The van der Waals surface area contributed by atoms with Crippen molar-refractivity contribution in [3.05, 3.63) is 0 Å². The van der Waals surface area contributed by atoms with Crippen LogP contribution in [0.3, 0.4) is 0 Å². The van der Waals surface area contributed by atoms with Crippen LogP contribution in [0.2, 0.25) is 0 Å². The third-order valence-corrected chi connectivity index (χ3v) is 2.99. The highest BCUT2D eigenvalue weighted by Crippen LogP contribution is 2.25. The van der Waals surface area contributed by atoms with Gasteiger partial charge in [0.2, 0.25) is 0 Å². The third kappa shape index (κ3) is 3.79. The highest BCUT2D eigenvalue weighted by atomic mass is 16.5. The number of hydrogen-bond acceptors (Lipinski definition) is 2. The summed E-state index contributed by atoms with van der Waals surface area (Å²) in [6, 6.07) is 0. The van der Waals surface area contributed by atoms with E-state index < -0.39 is 0 Å². The molecule has 1 aliphatic rings. The standard InChI is InChI=1S/C12H22O2/c1-9(2)12(13)8-14-11-6-4-5-10(3)7-11/h9-11H,4-8H2,1-3H3. The zero-order chi connectivity index (χ0) is 10.6. The van der Waals surface area contributed by atoms with Crippen LogP contribution < -0.4 is 0 Å². The lowest BCUT2D eigenvalue weighted by Gasteiger charge is -2.26. The van der Waals surface area contributed by atoms with Gasteiger partial charge in [0.05, 0.1) is 6.10 Å². The number of Topliss-reactive ketones (excluding diaryl/α,β-unsaturated/α-hetero) is 1. The Bertz CT molecular complexity index is 187. The Kier molecular flexibility index (Phi) is 4.59. The molecule has 1 saturated carbocycles. The molecule has 0 spiro atoms. The molecule has 2 atom stereocenters. The first-order valence-electron chi connectivity index (χ1n) is 5.74. The second-order valence-corrected chi connectivity index (χ2v) is 4.83. The van der Waals surface area contributed by atoms with E-state index >= 15 is 0 Å². The Balaban J connectivity index is 2.20. The molecule has 0 heterocycles. The van der Waals surface area contributed by atoms with Crippen molar-refractivity contribution in [3.63, 3.8) is 0 Å². The molecule has 2 nitrogen and oxygen atoms in total. The van der Waals surface area contributed by atoms with Gasteiger partial charge in [-0.05, 0) is 18.8 Å². The molecular weight excluding hydrogens is 176 g/mol. The average Bonchev–Trinajstić information content (AvgIpc) is 2.14. The summed E-state index contributed by atoms with van der Waals surface area (Å²) in [7, 11) is 0. The molecule has 1 aliphatic carbocycles. The van der Waals surface area contributed by atoms with Crippen LogP contribution >= 0.6 is 0 Å². The van der Waals surface area contributed by atoms with Crippen LogP contribution in [0.25, 0.3) is 0 Å². The zero-order valence-corrected chi connectivity index (χ0v) is 9.58. The maximum absolute atomic E-state index is 11.3. The molecule has 0 saturated heterocycles. The van der Waals surface area contributed by atoms with E-state index in [9.17, 15) is 4.79 Å². The molecular formula is C12H22O2. The van der Waals surface area contributed by atoms with Crippen LogP contribution in [-0.2, 0) is 9.53 Å². The van der Waals surface area contributed by atoms with E-state index in [4.69, 9.17) is 4.74 Å². The molecule has 0 aromatic carbocycles. The fourth-order valence-electron chi connectivity index (χ4n) is 1.90. The van der Waals surface area contributed by atoms with Gasteiger partial charge in [-0.3, -0.25) is 4.79 Å². The van der Waals surface area contributed by atoms with E-state index in [1.165, 1.54) is 12.8 Å². The lowest BCUT2D eigenvalue weighted by Crippen LogP contribution is -2.25. The second-order valence-electron chi connectivity index (χ2n) is 4.83. The van der Waals surface area contributed by atoms with Crippen LogP contribution in [0.1, 0.15) is 46.5 Å². The van der Waals surface area contributed by atoms with Crippen molar-refractivity contribution in [2.75, 3.05) is 6.61 Å². The predicted molar refractivity (Wildman–Crippen MR) is 57.2 cm³/mol. The Morgan fingerprint density at radius 1 is 1.43 bits per heavy atom. The lowest BCUT2D eigenvalue weighted by atomic mass is 9.89. The molecule has 14 heavy (non-hydrogen) atoms. The van der Waals surface area contributed by atoms with Gasteiger partial charge in [0.25, 0.3) is 0 Å². The smallest absolute Gasteiger partial charge is 0.160 e. The van der Waals surface area contributed by atoms with E-state index in [0.29, 0.717) is 12.7 Å². The van der Waals surface area contributed by atoms with Crippen LogP contribution in [0, 0.1) is 11.8 Å². The first-order valence-corrected chi connectivity index (χ1v) is 5.74. The summed E-state index contributed by atoms with van der Waals surface area (Å²) in [6.07, 6.45) is 5.17. The van der Waals surface area contributed by atoms with Crippen molar-refractivity contribution in [2.45, 2.75) is 52.6 Å². The second kappa shape index (κ2) is 5.50. The minimum absolute atomic E-state index is 0.107. The van der Waals surface area contributed by atoms with Gasteiger partial charge >= 0.3 is 0 Å². The molecule has 1 rings (SSSR count). The van der Waals surface area contributed by atoms with E-state index in [1.54, 1.807) is 0 Å². The molecule has 2 heteroatoms. The van der Waals surface area contributed by atoms with E-state index in [1.807, 2.05) is 13.8 Å². The summed E-state index contributed by atoms with van der Waals surface area (Å²) >= 11 is 0. The molecule has 0 aromatic heterocycles. The summed E-state index contributed by atoms with van der Waals surface area (Å²) in [5.41, 5.74) is 0. The summed E-state index contributed by atoms with van der Waals surface area (Å²) < 4.78 is 5.63. The van der Waals surface area contributed by atoms with Gasteiger partial charge in [-0.2, -0.15) is 0 Å². The summed E-state index contributed by atoms with van der Waals surface area (Å²) in [5.74, 6) is 1.10. The minimum Gasteiger partial charge on any atom is -0.370 e. The largest absolute Gasteiger partial charge is 0.370 e. The normalized spacial score (nSPS) is 28.0. The van der Waals surface area contributed by atoms with Crippen molar-refractivity contribution in [1.82, 2.24) is 0 Å². The number of hydrogen-bond donors (Lipinski definition) is 0. The number of ketones is 1. The molecule has 0 aliphatic heterocycles. The molecule has 1 fully saturated rings. The Morgan fingerprint density at radius 3 is 2.71 bits per heavy atom. The summed E-state index contributed by atoms with van der Waals surface area (Å²) in [4.78, 5) is 11.3. The molecule has 82 valence electrons. The number of ether oxygens (including phenoxy) is 1. The van der Waals surface area contributed by atoms with Gasteiger partial charge in [-0.25, -0.2) is 0 Å². The first kappa shape index (κ1) is 11.7. The van der Waals surface area contributed by atoms with Crippen molar-refractivity contribution in [1.29, 1.82) is 0 Å². The third-order valence-electron chi connectivity index (χ3n) is 2.99. The molecule has 2 unspecified atom stereocenters. The van der Waals surface area contributed by atoms with Gasteiger partial charge in [-0.1, -0.05) is 33.6 Å². The zero-order valence-electron chi connectivity index (χ0n) is 9.58. The summed E-state index contributed by atoms with van der Waals surface area (Å²) in [6.45, 7) is 6.43. The number of rotatable bonds is 4. The van der Waals surface area contributed by atoms with Crippen LogP contribution in [0.15, 0.2) is 0 Å². The Labute approximate surface area is 87.0 Å². The van der Waals surface area contributed by atoms with Gasteiger partial charge in [-0.15, -0.1) is 0 Å². The fraction of sp³-hybridized carbons (Fsp3) is 0.917. The minimum atomic E-state index is 0.107. The van der Waals surface area contributed by atoms with Gasteiger partial charge in [0, 0.05) is 5.92 Å². The molecule has 0 N–H and O–H groups in total. The Hall–Kier alpha value is -0.370. The van der Waals surface area contributed by atoms with Crippen molar-refractivity contribution in [2.24, 2.45) is 11.8 Å². The van der Waals surface area contributed by atoms with Crippen LogP contribution in [-0.4, -0.2) is 18.5 Å². The molecule has 0 bridgehead atoms. The predicted octanol–water partition coefficient (Wildman–Crippen LogP) is 2.81. The van der Waals surface area contributed by atoms with Crippen LogP contribution in [0.5, 0.6) is 0 Å². The van der Waals surface area contributed by atoms with Gasteiger partial charge in [0.15, 0.2) is 5.78 Å². The maximum atomic E-state index is 11.3. The molecule has 0 aromatic rings. The molecule has 0 amide bonds. The van der Waals surface area contributed by atoms with Gasteiger partial charge in [0.1, 0.15) is 6.61 Å². The SMILES string of the molecule is CC1CCCC(OCC(=O)C(C)C)C1. The average molecular weight is 198 g/mol. The quantitative estimate of drug-likeness (QED) is 0.694. The van der Waals surface area contributed by atoms with Crippen molar-refractivity contribution < 1.29 is 9.53 Å². The van der Waals surface area contributed by atoms with E-state index in [2.05, 4.69) is 6.92 Å². The highest BCUT2D eigenvalue weighted by Gasteiger charge is 2.20.